The van der Waals surface area contributed by atoms with Crippen LogP contribution in [0.5, 0.6) is 0 Å². The van der Waals surface area contributed by atoms with Gasteiger partial charge in [-0.25, -0.2) is 8.78 Å². The van der Waals surface area contributed by atoms with Gasteiger partial charge in [0.15, 0.2) is 0 Å². The molecule has 0 heterocycles. The summed E-state index contributed by atoms with van der Waals surface area (Å²) in [4.78, 5) is 0.487. The highest BCUT2D eigenvalue weighted by molar-refractivity contribution is 7.98. The number of rotatable bonds is 4. The second-order valence-electron chi connectivity index (χ2n) is 5.81. The van der Waals surface area contributed by atoms with Gasteiger partial charge in [0.1, 0.15) is 11.6 Å². The summed E-state index contributed by atoms with van der Waals surface area (Å²) in [7, 11) is -1.27. The third kappa shape index (κ3) is 3.93. The molecule has 0 N–H and O–H groups in total. The van der Waals surface area contributed by atoms with Crippen molar-refractivity contribution in [2.24, 2.45) is 0 Å². The van der Waals surface area contributed by atoms with Crippen LogP contribution in [0.3, 0.4) is 0 Å². The summed E-state index contributed by atoms with van der Waals surface area (Å²) in [5.74, 6) is -0.339. The Kier molecular flexibility index (Phi) is 4.65. The molecule has 2 aromatic carbocycles. The molecule has 0 aliphatic carbocycles. The van der Waals surface area contributed by atoms with Crippen LogP contribution in [-0.2, 0) is 5.75 Å². The van der Waals surface area contributed by atoms with Crippen molar-refractivity contribution in [2.45, 2.75) is 30.3 Å². The summed E-state index contributed by atoms with van der Waals surface area (Å²) in [6.45, 7) is 6.93. The van der Waals surface area contributed by atoms with E-state index >= 15 is 0 Å². The molecule has 0 amide bonds. The number of halogens is 2. The Morgan fingerprint density at radius 3 is 2.15 bits per heavy atom. The fourth-order valence-electron chi connectivity index (χ4n) is 1.85. The van der Waals surface area contributed by atoms with Gasteiger partial charge >= 0.3 is 0 Å². The van der Waals surface area contributed by atoms with E-state index in [4.69, 9.17) is 0 Å². The van der Waals surface area contributed by atoms with Crippen LogP contribution < -0.4 is 5.19 Å². The number of hydrogen-bond donors (Lipinski definition) is 0. The van der Waals surface area contributed by atoms with E-state index in [0.717, 1.165) is 11.6 Å². The van der Waals surface area contributed by atoms with E-state index in [-0.39, 0.29) is 0 Å². The quantitative estimate of drug-likeness (QED) is 0.577. The summed E-state index contributed by atoms with van der Waals surface area (Å²) >= 11 is 1.39. The average molecular weight is 308 g/mol. The van der Waals surface area contributed by atoms with Crippen molar-refractivity contribution < 1.29 is 8.78 Å². The van der Waals surface area contributed by atoms with E-state index in [1.165, 1.54) is 29.1 Å². The fraction of sp³-hybridized carbons (Fsp3) is 0.250. The zero-order chi connectivity index (χ0) is 14.8. The molecule has 0 saturated heterocycles. The van der Waals surface area contributed by atoms with Gasteiger partial charge in [-0.2, -0.15) is 0 Å². The van der Waals surface area contributed by atoms with Gasteiger partial charge in [0, 0.05) is 16.7 Å². The van der Waals surface area contributed by atoms with Crippen LogP contribution in [0.2, 0.25) is 19.6 Å². The number of hydrogen-bond acceptors (Lipinski definition) is 1. The molecule has 0 bridgehead atoms. The lowest BCUT2D eigenvalue weighted by Gasteiger charge is -2.16. The minimum atomic E-state index is -1.27. The molecule has 0 aromatic heterocycles. The van der Waals surface area contributed by atoms with Crippen molar-refractivity contribution >= 4 is 25.0 Å². The van der Waals surface area contributed by atoms with Crippen molar-refractivity contribution in [1.29, 1.82) is 0 Å². The van der Waals surface area contributed by atoms with Crippen LogP contribution in [0.4, 0.5) is 8.78 Å². The Morgan fingerprint density at radius 1 is 0.950 bits per heavy atom. The Bertz CT molecular complexity index is 588. The van der Waals surface area contributed by atoms with E-state index in [0.29, 0.717) is 10.6 Å². The zero-order valence-corrected chi connectivity index (χ0v) is 13.7. The predicted octanol–water partition coefficient (Wildman–Crippen LogP) is 4.80. The Balaban J connectivity index is 2.04. The van der Waals surface area contributed by atoms with Gasteiger partial charge in [-0.3, -0.25) is 0 Å². The summed E-state index contributed by atoms with van der Waals surface area (Å²) in [6.07, 6.45) is 0. The molecule has 4 heteroatoms. The Labute approximate surface area is 124 Å². The second kappa shape index (κ2) is 6.10. The van der Waals surface area contributed by atoms with Crippen LogP contribution >= 0.6 is 11.8 Å². The maximum atomic E-state index is 13.5. The van der Waals surface area contributed by atoms with Crippen molar-refractivity contribution in [3.05, 3.63) is 59.7 Å². The molecule has 0 aliphatic rings. The smallest absolute Gasteiger partial charge is 0.139 e. The third-order valence-corrected chi connectivity index (χ3v) is 6.29. The summed E-state index contributed by atoms with van der Waals surface area (Å²) in [5.41, 5.74) is 1.15. The lowest BCUT2D eigenvalue weighted by molar-refractivity contribution is 0.565. The molecule has 20 heavy (non-hydrogen) atoms. The molecule has 0 atom stereocenters. The molecule has 0 fully saturated rings. The second-order valence-corrected chi connectivity index (χ2v) is 11.9. The Hall–Kier alpha value is -1.13. The molecular weight excluding hydrogens is 290 g/mol. The van der Waals surface area contributed by atoms with Gasteiger partial charge in [0.05, 0.1) is 8.07 Å². The molecule has 0 unspecified atom stereocenters. The molecule has 0 radical (unpaired) electrons. The van der Waals surface area contributed by atoms with Gasteiger partial charge < -0.3 is 0 Å². The minimum Gasteiger partial charge on any atom is -0.207 e. The van der Waals surface area contributed by atoms with E-state index < -0.39 is 19.7 Å². The van der Waals surface area contributed by atoms with Gasteiger partial charge in [0.25, 0.3) is 0 Å². The van der Waals surface area contributed by atoms with E-state index in [2.05, 4.69) is 43.9 Å². The summed E-state index contributed by atoms with van der Waals surface area (Å²) in [6, 6.07) is 12.2. The molecule has 0 saturated carbocycles. The first kappa shape index (κ1) is 15.3. The first-order valence-electron chi connectivity index (χ1n) is 6.53. The maximum absolute atomic E-state index is 13.5. The number of benzene rings is 2. The standard InChI is InChI=1S/C16H18F2SSi/c1-20(2,3)14-7-4-12(5-8-14)11-19-16-9-6-13(17)10-15(16)18/h4-10H,11H2,1-3H3. The maximum Gasteiger partial charge on any atom is 0.139 e. The lowest BCUT2D eigenvalue weighted by atomic mass is 10.2. The van der Waals surface area contributed by atoms with Gasteiger partial charge in [-0.15, -0.1) is 11.8 Å². The van der Waals surface area contributed by atoms with Crippen molar-refractivity contribution in [3.8, 4) is 0 Å². The van der Waals surface area contributed by atoms with Crippen LogP contribution in [0, 0.1) is 11.6 Å². The lowest BCUT2D eigenvalue weighted by Crippen LogP contribution is -2.37. The van der Waals surface area contributed by atoms with Gasteiger partial charge in [-0.05, 0) is 17.7 Å². The van der Waals surface area contributed by atoms with E-state index in [1.54, 1.807) is 0 Å². The topological polar surface area (TPSA) is 0 Å². The highest BCUT2D eigenvalue weighted by Gasteiger charge is 2.15. The summed E-state index contributed by atoms with van der Waals surface area (Å²) < 4.78 is 26.3. The normalized spacial score (nSPS) is 11.7. The molecule has 0 aliphatic heterocycles. The van der Waals surface area contributed by atoms with Crippen LogP contribution in [0.1, 0.15) is 5.56 Å². The highest BCUT2D eigenvalue weighted by atomic mass is 32.2. The monoisotopic (exact) mass is 308 g/mol. The molecule has 106 valence electrons. The molecular formula is C16H18F2SSi. The van der Waals surface area contributed by atoms with Crippen LogP contribution in [0.15, 0.2) is 47.4 Å². The fourth-order valence-corrected chi connectivity index (χ4v) is 3.90. The van der Waals surface area contributed by atoms with Crippen molar-refractivity contribution in [3.63, 3.8) is 0 Å². The SMILES string of the molecule is C[Si](C)(C)c1ccc(CSc2ccc(F)cc2F)cc1. The minimum absolute atomic E-state index is 0.487. The van der Waals surface area contributed by atoms with Gasteiger partial charge in [-0.1, -0.05) is 49.1 Å². The van der Waals surface area contributed by atoms with Crippen LogP contribution in [0.25, 0.3) is 0 Å². The van der Waals surface area contributed by atoms with Crippen molar-refractivity contribution in [1.82, 2.24) is 0 Å². The molecule has 2 rings (SSSR count). The first-order valence-corrected chi connectivity index (χ1v) is 11.0. The van der Waals surface area contributed by atoms with Gasteiger partial charge in [0.2, 0.25) is 0 Å². The first-order chi connectivity index (χ1) is 9.36. The van der Waals surface area contributed by atoms with Crippen LogP contribution in [-0.4, -0.2) is 8.07 Å². The number of thioether (sulfide) groups is 1. The van der Waals surface area contributed by atoms with E-state index in [1.807, 2.05) is 0 Å². The third-order valence-electron chi connectivity index (χ3n) is 3.11. The molecule has 0 nitrogen and oxygen atoms in total. The molecule has 2 aromatic rings. The van der Waals surface area contributed by atoms with Crippen molar-refractivity contribution in [2.75, 3.05) is 0 Å². The highest BCUT2D eigenvalue weighted by Crippen LogP contribution is 2.25. The average Bonchev–Trinajstić information content (AvgIpc) is 2.37. The Morgan fingerprint density at radius 2 is 1.60 bits per heavy atom. The van der Waals surface area contributed by atoms with E-state index in [9.17, 15) is 8.78 Å². The predicted molar refractivity (Wildman–Crippen MR) is 85.3 cm³/mol. The zero-order valence-electron chi connectivity index (χ0n) is 11.9. The molecule has 0 spiro atoms. The largest absolute Gasteiger partial charge is 0.207 e. The summed E-state index contributed by atoms with van der Waals surface area (Å²) in [5, 5.41) is 1.42.